The maximum atomic E-state index is 12.2. The van der Waals surface area contributed by atoms with Crippen LogP contribution < -0.4 is 11.2 Å². The molecule has 0 aliphatic heterocycles. The van der Waals surface area contributed by atoms with Gasteiger partial charge in [0.2, 0.25) is 0 Å². The van der Waals surface area contributed by atoms with E-state index in [1.165, 1.54) is 0 Å². The molecule has 9 heteroatoms. The molecule has 0 N–H and O–H groups in total. The van der Waals surface area contributed by atoms with Crippen LogP contribution in [0.5, 0.6) is 0 Å². The molecule has 0 aliphatic rings. The Bertz CT molecular complexity index is 734. The minimum absolute atomic E-state index is 0.0907. The summed E-state index contributed by atoms with van der Waals surface area (Å²) in [6.07, 6.45) is 9.44. The van der Waals surface area contributed by atoms with Crippen molar-refractivity contribution in [2.75, 3.05) is 19.4 Å². The van der Waals surface area contributed by atoms with Crippen LogP contribution in [0.2, 0.25) is 0 Å². The molecular weight excluding hydrogens is 321 g/mol. The molecule has 0 aliphatic carbocycles. The Morgan fingerprint density at radius 2 is 1.96 bits per heavy atom. The predicted octanol–water partition coefficient (Wildman–Crippen LogP) is 0.860. The first-order valence-corrected chi connectivity index (χ1v) is 8.83. The van der Waals surface area contributed by atoms with Gasteiger partial charge in [-0.05, 0) is 13.8 Å². The quantitative estimate of drug-likeness (QED) is 0.376. The molecule has 1 aromatic heterocycles. The van der Waals surface area contributed by atoms with Gasteiger partial charge in [-0.3, -0.25) is 9.36 Å². The largest absolute Gasteiger partial charge is 0.348 e. The Kier molecular flexibility index (Phi) is 7.69. The van der Waals surface area contributed by atoms with Gasteiger partial charge in [-0.15, -0.1) is 6.42 Å². The van der Waals surface area contributed by atoms with Crippen molar-refractivity contribution in [3.05, 3.63) is 39.2 Å². The summed E-state index contributed by atoms with van der Waals surface area (Å²) in [6.45, 7) is 4.02. The molecule has 1 heterocycles. The zero-order valence-electron chi connectivity index (χ0n) is 13.2. The van der Waals surface area contributed by atoms with Crippen LogP contribution in [0, 0.1) is 12.3 Å². The summed E-state index contributed by atoms with van der Waals surface area (Å²) in [5.74, 6) is 2.24. The third kappa shape index (κ3) is 5.64. The van der Waals surface area contributed by atoms with Gasteiger partial charge < -0.3 is 9.05 Å². The number of terminal acetylenes is 1. The van der Waals surface area contributed by atoms with Gasteiger partial charge in [-0.1, -0.05) is 18.1 Å². The molecule has 0 unspecified atom stereocenters. The highest BCUT2D eigenvalue weighted by Gasteiger charge is 2.20. The molecule has 1 aromatic rings. The van der Waals surface area contributed by atoms with Gasteiger partial charge in [0.05, 0.1) is 32.5 Å². The Balaban J connectivity index is 2.81. The summed E-state index contributed by atoms with van der Waals surface area (Å²) in [7, 11) is -3.16. The van der Waals surface area contributed by atoms with Crippen molar-refractivity contribution in [3.8, 4) is 12.3 Å². The van der Waals surface area contributed by atoms with Gasteiger partial charge in [0.15, 0.2) is 0 Å². The fourth-order valence-electron chi connectivity index (χ4n) is 1.75. The fraction of sp³-hybridized carbons (Fsp3) is 0.500. The van der Waals surface area contributed by atoms with Gasteiger partial charge in [0.25, 0.3) is 5.56 Å². The zero-order chi connectivity index (χ0) is 17.3. The Morgan fingerprint density at radius 3 is 2.52 bits per heavy atom. The second kappa shape index (κ2) is 9.26. The molecule has 126 valence electrons. The Hall–Kier alpha value is -1.94. The van der Waals surface area contributed by atoms with Gasteiger partial charge in [-0.2, -0.15) is 5.10 Å². The Labute approximate surface area is 134 Å². The number of aromatic nitrogens is 3. The first kappa shape index (κ1) is 19.1. The van der Waals surface area contributed by atoms with Crippen molar-refractivity contribution in [2.45, 2.75) is 26.9 Å². The monoisotopic (exact) mass is 341 g/mol. The molecule has 0 fully saturated rings. The third-order valence-corrected chi connectivity index (χ3v) is 4.66. The molecule has 23 heavy (non-hydrogen) atoms. The lowest BCUT2D eigenvalue weighted by molar-refractivity contribution is 0.222. The highest BCUT2D eigenvalue weighted by molar-refractivity contribution is 7.54. The lowest BCUT2D eigenvalue weighted by Crippen LogP contribution is -2.40. The SMILES string of the molecule is C#CCn1c(=O)cnn(C/C=C/CP(=O)(OCC)OCC)c1=O. The van der Waals surface area contributed by atoms with Gasteiger partial charge in [-0.25, -0.2) is 14.0 Å². The van der Waals surface area contributed by atoms with Crippen molar-refractivity contribution < 1.29 is 13.6 Å². The lowest BCUT2D eigenvalue weighted by Gasteiger charge is -2.14. The van der Waals surface area contributed by atoms with E-state index in [9.17, 15) is 14.2 Å². The zero-order valence-corrected chi connectivity index (χ0v) is 14.1. The minimum atomic E-state index is -3.16. The standard InChI is InChI=1S/C14H20N3O5P/c1-4-9-16-13(18)12-15-17(14(16)19)10-7-8-11-23(20,21-5-2)22-6-3/h1,7-8,12H,5-6,9-11H2,2-3H3/b8-7+. The maximum Gasteiger partial charge on any atom is 0.348 e. The number of hydrogen-bond acceptors (Lipinski definition) is 6. The number of allylic oxidation sites excluding steroid dienone is 2. The highest BCUT2D eigenvalue weighted by Crippen LogP contribution is 2.47. The van der Waals surface area contributed by atoms with Crippen molar-refractivity contribution in [1.82, 2.24) is 14.3 Å². The molecule has 0 spiro atoms. The molecular formula is C14H20N3O5P. The lowest BCUT2D eigenvalue weighted by atomic mass is 10.5. The smallest absolute Gasteiger partial charge is 0.309 e. The van der Waals surface area contributed by atoms with Crippen molar-refractivity contribution in [1.29, 1.82) is 0 Å². The van der Waals surface area contributed by atoms with E-state index in [0.717, 1.165) is 15.4 Å². The van der Waals surface area contributed by atoms with E-state index in [1.807, 2.05) is 0 Å². The van der Waals surface area contributed by atoms with E-state index < -0.39 is 18.8 Å². The van der Waals surface area contributed by atoms with E-state index in [0.29, 0.717) is 0 Å². The average molecular weight is 341 g/mol. The molecule has 0 atom stereocenters. The fourth-order valence-corrected chi connectivity index (χ4v) is 3.23. The highest BCUT2D eigenvalue weighted by atomic mass is 31.2. The summed E-state index contributed by atoms with van der Waals surface area (Å²) < 4.78 is 24.5. The second-order valence-corrected chi connectivity index (χ2v) is 6.44. The van der Waals surface area contributed by atoms with E-state index in [1.54, 1.807) is 26.0 Å². The number of hydrogen-bond donors (Lipinski definition) is 0. The normalized spacial score (nSPS) is 11.7. The summed E-state index contributed by atoms with van der Waals surface area (Å²) in [4.78, 5) is 23.5. The van der Waals surface area contributed by atoms with Crippen LogP contribution in [0.4, 0.5) is 0 Å². The van der Waals surface area contributed by atoms with Crippen molar-refractivity contribution >= 4 is 7.60 Å². The van der Waals surface area contributed by atoms with Crippen molar-refractivity contribution in [3.63, 3.8) is 0 Å². The first-order chi connectivity index (χ1) is 11.0. The van der Waals surface area contributed by atoms with Gasteiger partial charge in [0, 0.05) is 0 Å². The summed E-state index contributed by atoms with van der Waals surface area (Å²) in [6, 6.07) is 0. The molecule has 0 bridgehead atoms. The van der Waals surface area contributed by atoms with Crippen LogP contribution in [-0.2, 0) is 26.7 Å². The van der Waals surface area contributed by atoms with E-state index >= 15 is 0 Å². The summed E-state index contributed by atoms with van der Waals surface area (Å²) >= 11 is 0. The third-order valence-electron chi connectivity index (χ3n) is 2.70. The summed E-state index contributed by atoms with van der Waals surface area (Å²) in [5, 5.41) is 3.75. The predicted molar refractivity (Wildman–Crippen MR) is 86.5 cm³/mol. The van der Waals surface area contributed by atoms with Crippen LogP contribution in [0.25, 0.3) is 0 Å². The molecule has 0 radical (unpaired) electrons. The van der Waals surface area contributed by atoms with E-state index in [-0.39, 0.29) is 32.5 Å². The number of rotatable bonds is 9. The number of nitrogens with zero attached hydrogens (tertiary/aromatic N) is 3. The van der Waals surface area contributed by atoms with Crippen LogP contribution in [0.3, 0.4) is 0 Å². The van der Waals surface area contributed by atoms with Crippen LogP contribution in [-0.4, -0.2) is 33.7 Å². The molecule has 0 saturated carbocycles. The molecule has 0 aromatic carbocycles. The topological polar surface area (TPSA) is 92.4 Å². The first-order valence-electron chi connectivity index (χ1n) is 7.11. The average Bonchev–Trinajstić information content (AvgIpc) is 2.50. The van der Waals surface area contributed by atoms with E-state index in [4.69, 9.17) is 15.5 Å². The van der Waals surface area contributed by atoms with E-state index in [2.05, 4.69) is 11.0 Å². The van der Waals surface area contributed by atoms with Crippen LogP contribution >= 0.6 is 7.60 Å². The maximum absolute atomic E-state index is 12.2. The van der Waals surface area contributed by atoms with Crippen molar-refractivity contribution in [2.24, 2.45) is 0 Å². The molecule has 8 nitrogen and oxygen atoms in total. The second-order valence-electron chi connectivity index (χ2n) is 4.34. The summed E-state index contributed by atoms with van der Waals surface area (Å²) in [5.41, 5.74) is -1.15. The Morgan fingerprint density at radius 1 is 1.30 bits per heavy atom. The molecule has 1 rings (SSSR count). The van der Waals surface area contributed by atoms with Gasteiger partial charge in [0.1, 0.15) is 6.20 Å². The van der Waals surface area contributed by atoms with Crippen LogP contribution in [0.1, 0.15) is 13.8 Å². The minimum Gasteiger partial charge on any atom is -0.309 e. The van der Waals surface area contributed by atoms with Gasteiger partial charge >= 0.3 is 13.3 Å². The molecule has 0 amide bonds. The van der Waals surface area contributed by atoms with Crippen LogP contribution in [0.15, 0.2) is 27.9 Å². The molecule has 0 saturated heterocycles.